The quantitative estimate of drug-likeness (QED) is 0.571. The molecule has 4 rings (SSSR count). The molecule has 2 N–H and O–H groups in total. The van der Waals surface area contributed by atoms with Crippen LogP contribution in [0.2, 0.25) is 5.02 Å². The first-order valence-electron chi connectivity index (χ1n) is 10.7. The summed E-state index contributed by atoms with van der Waals surface area (Å²) in [7, 11) is 2.09. The van der Waals surface area contributed by atoms with Crippen LogP contribution in [-0.4, -0.2) is 30.9 Å². The van der Waals surface area contributed by atoms with Crippen LogP contribution in [0.25, 0.3) is 10.8 Å². The second kappa shape index (κ2) is 8.60. The second-order valence-corrected chi connectivity index (χ2v) is 9.29. The van der Waals surface area contributed by atoms with Gasteiger partial charge in [-0.3, -0.25) is 4.79 Å². The third kappa shape index (κ3) is 4.07. The van der Waals surface area contributed by atoms with E-state index in [1.54, 1.807) is 0 Å². The van der Waals surface area contributed by atoms with Gasteiger partial charge in [-0.1, -0.05) is 54.9 Å². The van der Waals surface area contributed by atoms with Crippen molar-refractivity contribution in [3.63, 3.8) is 0 Å². The number of rotatable bonds is 5. The van der Waals surface area contributed by atoms with Crippen LogP contribution in [-0.2, 0) is 10.2 Å². The molecule has 1 heterocycles. The molecule has 2 unspecified atom stereocenters. The van der Waals surface area contributed by atoms with E-state index in [1.807, 2.05) is 42.5 Å². The predicted molar refractivity (Wildman–Crippen MR) is 125 cm³/mol. The van der Waals surface area contributed by atoms with Crippen LogP contribution in [0.4, 0.5) is 4.39 Å². The Morgan fingerprint density at radius 2 is 1.74 bits per heavy atom. The molecule has 1 fully saturated rings. The number of fused-ring (bicyclic) bond motifs is 1. The van der Waals surface area contributed by atoms with Crippen LogP contribution < -0.4 is 5.73 Å². The molecule has 31 heavy (non-hydrogen) atoms. The summed E-state index contributed by atoms with van der Waals surface area (Å²) in [5.74, 6) is -1.22. The Morgan fingerprint density at radius 1 is 1.10 bits per heavy atom. The van der Waals surface area contributed by atoms with E-state index >= 15 is 0 Å². The number of amides is 1. The number of nitrogens with zero attached hydrogens (tertiary/aromatic N) is 1. The Morgan fingerprint density at radius 3 is 2.39 bits per heavy atom. The van der Waals surface area contributed by atoms with Crippen LogP contribution in [0, 0.1) is 11.7 Å². The number of benzene rings is 3. The van der Waals surface area contributed by atoms with Gasteiger partial charge < -0.3 is 10.6 Å². The van der Waals surface area contributed by atoms with E-state index in [4.69, 9.17) is 17.3 Å². The molecule has 2 atom stereocenters. The average Bonchev–Trinajstić information content (AvgIpc) is 2.75. The Hall–Kier alpha value is -2.43. The van der Waals surface area contributed by atoms with Crippen LogP contribution >= 0.6 is 11.6 Å². The third-order valence-corrected chi connectivity index (χ3v) is 7.27. The van der Waals surface area contributed by atoms with Crippen LogP contribution in [0.5, 0.6) is 0 Å². The number of hydrogen-bond donors (Lipinski definition) is 1. The summed E-state index contributed by atoms with van der Waals surface area (Å²) in [6.07, 6.45) is 1.57. The Balaban J connectivity index is 1.88. The molecule has 0 radical (unpaired) electrons. The molecule has 1 aliphatic heterocycles. The largest absolute Gasteiger partial charge is 0.369 e. The zero-order valence-corrected chi connectivity index (χ0v) is 18.7. The lowest BCUT2D eigenvalue weighted by Crippen LogP contribution is -2.51. The number of hydrogen-bond acceptors (Lipinski definition) is 2. The van der Waals surface area contributed by atoms with Crippen molar-refractivity contribution in [2.45, 2.75) is 31.1 Å². The molecule has 1 aliphatic rings. The first-order chi connectivity index (χ1) is 14.8. The fourth-order valence-electron chi connectivity index (χ4n) is 5.43. The number of likely N-dealkylation sites (tertiary alicyclic amines) is 1. The summed E-state index contributed by atoms with van der Waals surface area (Å²) in [4.78, 5) is 15.3. The van der Waals surface area contributed by atoms with Gasteiger partial charge in [0, 0.05) is 10.4 Å². The molecule has 5 heteroatoms. The minimum absolute atomic E-state index is 0.158. The summed E-state index contributed by atoms with van der Waals surface area (Å²) < 4.78 is 13.7. The smallest absolute Gasteiger partial charge is 0.222 e. The first kappa shape index (κ1) is 21.8. The van der Waals surface area contributed by atoms with Gasteiger partial charge in [0.15, 0.2) is 0 Å². The molecule has 1 saturated heterocycles. The van der Waals surface area contributed by atoms with Gasteiger partial charge in [0.2, 0.25) is 5.91 Å². The lowest BCUT2D eigenvalue weighted by molar-refractivity contribution is -0.125. The lowest BCUT2D eigenvalue weighted by Gasteiger charge is -2.47. The van der Waals surface area contributed by atoms with E-state index in [9.17, 15) is 9.18 Å². The highest BCUT2D eigenvalue weighted by molar-refractivity contribution is 6.31. The highest BCUT2D eigenvalue weighted by atomic mass is 35.5. The SMILES string of the molecule is CC(c1cc(Cl)cc2ccccc12)C(C(N)=O)C1(c2ccc(F)cc2)CCN(C)CC1. The van der Waals surface area contributed by atoms with Crippen molar-refractivity contribution in [2.24, 2.45) is 11.7 Å². The molecule has 3 aromatic rings. The maximum atomic E-state index is 13.7. The van der Waals surface area contributed by atoms with Crippen molar-refractivity contribution in [3.8, 4) is 0 Å². The number of carbonyl (C=O) groups is 1. The van der Waals surface area contributed by atoms with Gasteiger partial charge in [0.1, 0.15) is 5.82 Å². The summed E-state index contributed by atoms with van der Waals surface area (Å²) >= 11 is 6.46. The molecule has 0 bridgehead atoms. The van der Waals surface area contributed by atoms with E-state index in [2.05, 4.69) is 24.9 Å². The molecule has 0 spiro atoms. The predicted octanol–water partition coefficient (Wildman–Crippen LogP) is 5.50. The highest BCUT2D eigenvalue weighted by Crippen LogP contribution is 2.48. The minimum Gasteiger partial charge on any atom is -0.369 e. The zero-order valence-electron chi connectivity index (χ0n) is 17.9. The summed E-state index contributed by atoms with van der Waals surface area (Å²) in [6, 6.07) is 18.6. The van der Waals surface area contributed by atoms with Crippen LogP contribution in [0.3, 0.4) is 0 Å². The molecule has 3 aromatic carbocycles. The van der Waals surface area contributed by atoms with Crippen molar-refractivity contribution in [1.82, 2.24) is 4.90 Å². The highest BCUT2D eigenvalue weighted by Gasteiger charge is 2.48. The molecule has 3 nitrogen and oxygen atoms in total. The molecular formula is C26H28ClFN2O. The van der Waals surface area contributed by atoms with Crippen molar-refractivity contribution >= 4 is 28.3 Å². The molecule has 0 saturated carbocycles. The second-order valence-electron chi connectivity index (χ2n) is 8.85. The summed E-state index contributed by atoms with van der Waals surface area (Å²) in [6.45, 7) is 3.77. The number of piperidine rings is 1. The summed E-state index contributed by atoms with van der Waals surface area (Å²) in [5, 5.41) is 2.76. The zero-order chi connectivity index (χ0) is 22.2. The summed E-state index contributed by atoms with van der Waals surface area (Å²) in [5.41, 5.74) is 7.65. The van der Waals surface area contributed by atoms with E-state index < -0.39 is 11.3 Å². The van der Waals surface area contributed by atoms with Crippen molar-refractivity contribution in [1.29, 1.82) is 0 Å². The fraction of sp³-hybridized carbons (Fsp3) is 0.346. The normalized spacial score (nSPS) is 18.6. The first-order valence-corrected chi connectivity index (χ1v) is 11.1. The fourth-order valence-corrected chi connectivity index (χ4v) is 5.67. The van der Waals surface area contributed by atoms with E-state index in [1.165, 1.54) is 12.1 Å². The molecule has 1 amide bonds. The number of primary amides is 1. The standard InChI is InChI=1S/C26H28ClFN2O/c1-17(23-16-20(27)15-18-5-3-4-6-22(18)23)24(25(29)31)26(11-13-30(2)14-12-26)19-7-9-21(28)10-8-19/h3-10,15-17,24H,11-14H2,1-2H3,(H2,29,31). The monoisotopic (exact) mass is 438 g/mol. The van der Waals surface area contributed by atoms with E-state index in [-0.39, 0.29) is 17.6 Å². The number of nitrogens with two attached hydrogens (primary N) is 1. The van der Waals surface area contributed by atoms with Gasteiger partial charge in [0.05, 0.1) is 5.92 Å². The van der Waals surface area contributed by atoms with Crippen molar-refractivity contribution in [2.75, 3.05) is 20.1 Å². The Labute approximate surface area is 188 Å². The Bertz CT molecular complexity index is 1090. The number of halogens is 2. The topological polar surface area (TPSA) is 46.3 Å². The van der Waals surface area contributed by atoms with Crippen LogP contribution in [0.1, 0.15) is 36.8 Å². The van der Waals surface area contributed by atoms with Gasteiger partial charge in [-0.05, 0) is 85.1 Å². The minimum atomic E-state index is -0.463. The van der Waals surface area contributed by atoms with Crippen molar-refractivity contribution in [3.05, 3.63) is 82.6 Å². The molecule has 0 aromatic heterocycles. The number of carbonyl (C=O) groups excluding carboxylic acids is 1. The van der Waals surface area contributed by atoms with Gasteiger partial charge in [0.25, 0.3) is 0 Å². The van der Waals surface area contributed by atoms with Gasteiger partial charge >= 0.3 is 0 Å². The van der Waals surface area contributed by atoms with E-state index in [0.717, 1.165) is 47.8 Å². The van der Waals surface area contributed by atoms with Gasteiger partial charge in [-0.2, -0.15) is 0 Å². The van der Waals surface area contributed by atoms with E-state index in [0.29, 0.717) is 5.02 Å². The average molecular weight is 439 g/mol. The maximum absolute atomic E-state index is 13.7. The third-order valence-electron chi connectivity index (χ3n) is 7.05. The molecule has 0 aliphatic carbocycles. The maximum Gasteiger partial charge on any atom is 0.222 e. The van der Waals surface area contributed by atoms with Crippen LogP contribution in [0.15, 0.2) is 60.7 Å². The van der Waals surface area contributed by atoms with Crippen molar-refractivity contribution < 1.29 is 9.18 Å². The molecule has 162 valence electrons. The molecular weight excluding hydrogens is 411 g/mol. The lowest BCUT2D eigenvalue weighted by atomic mass is 9.59. The van der Waals surface area contributed by atoms with Gasteiger partial charge in [-0.25, -0.2) is 4.39 Å². The Kier molecular flexibility index (Phi) is 6.05. The van der Waals surface area contributed by atoms with Gasteiger partial charge in [-0.15, -0.1) is 0 Å².